The Kier molecular flexibility index (Phi) is 9.70. The number of halogens is 4. The fourth-order valence-corrected chi connectivity index (χ4v) is 6.46. The zero-order valence-corrected chi connectivity index (χ0v) is 25.3. The Hall–Kier alpha value is -1.85. The molecule has 2 aliphatic heterocycles. The Morgan fingerprint density at radius 2 is 1.98 bits per heavy atom. The largest absolute Gasteiger partial charge is 0.396 e. The molecule has 0 saturated carbocycles. The van der Waals surface area contributed by atoms with E-state index < -0.39 is 52.3 Å². The number of aliphatic hydroxyl groups is 1. The molecule has 2 aromatic rings. The van der Waals surface area contributed by atoms with E-state index in [9.17, 15) is 9.90 Å². The second-order valence-corrected chi connectivity index (χ2v) is 13.1. The molecule has 2 heterocycles. The molecule has 0 aromatic heterocycles. The molecule has 5 atom stereocenters. The number of rotatable bonds is 10. The molecule has 2 aromatic carbocycles. The molecule has 7 nitrogen and oxygen atoms in total. The van der Waals surface area contributed by atoms with Gasteiger partial charge >= 0.3 is 0 Å². The molecule has 0 bridgehead atoms. The monoisotopic (exact) mass is 613 g/mol. The lowest BCUT2D eigenvalue weighted by Crippen LogP contribution is -2.52. The van der Waals surface area contributed by atoms with Gasteiger partial charge in [-0.3, -0.25) is 4.79 Å². The quantitative estimate of drug-likeness (QED) is 0.300. The lowest BCUT2D eigenvalue weighted by Gasteiger charge is -2.40. The third-order valence-corrected chi connectivity index (χ3v) is 8.71. The van der Waals surface area contributed by atoms with Crippen LogP contribution in [0.1, 0.15) is 64.0 Å². The van der Waals surface area contributed by atoms with Crippen molar-refractivity contribution >= 4 is 29.1 Å². The Labute approximate surface area is 250 Å². The number of aliphatic hydroxyl groups excluding tert-OH is 1. The zero-order chi connectivity index (χ0) is 30.2. The maximum Gasteiger partial charge on any atom is 0.237 e. The number of ether oxygens (including phenoxy) is 2. The van der Waals surface area contributed by atoms with Crippen molar-refractivity contribution in [1.82, 2.24) is 10.6 Å². The summed E-state index contributed by atoms with van der Waals surface area (Å²) < 4.78 is 42.8. The minimum atomic E-state index is -1.60. The average Bonchev–Trinajstić information content (AvgIpc) is 3.36. The van der Waals surface area contributed by atoms with Crippen LogP contribution in [0.3, 0.4) is 0 Å². The van der Waals surface area contributed by atoms with E-state index >= 15 is 8.78 Å². The summed E-state index contributed by atoms with van der Waals surface area (Å²) in [6, 6.07) is 6.96. The topological polar surface area (TPSA) is 106 Å². The summed E-state index contributed by atoms with van der Waals surface area (Å²) in [5.74, 6) is -3.54. The normalized spacial score (nSPS) is 27.8. The Morgan fingerprint density at radius 3 is 2.61 bits per heavy atom. The minimum Gasteiger partial charge on any atom is -0.396 e. The molecule has 2 aliphatic rings. The van der Waals surface area contributed by atoms with Gasteiger partial charge < -0.3 is 30.9 Å². The number of amides is 1. The van der Waals surface area contributed by atoms with E-state index in [1.54, 1.807) is 6.07 Å². The van der Waals surface area contributed by atoms with Gasteiger partial charge in [-0.2, -0.15) is 0 Å². The van der Waals surface area contributed by atoms with Crippen LogP contribution in [-0.2, 0) is 19.8 Å². The van der Waals surface area contributed by atoms with Gasteiger partial charge in [0.25, 0.3) is 0 Å². The van der Waals surface area contributed by atoms with Crippen LogP contribution in [-0.4, -0.2) is 54.7 Å². The number of carbonyl (C=O) groups is 1. The summed E-state index contributed by atoms with van der Waals surface area (Å²) in [5, 5.41) is 16.0. The van der Waals surface area contributed by atoms with Crippen molar-refractivity contribution in [2.75, 3.05) is 19.8 Å². The fourth-order valence-electron chi connectivity index (χ4n) is 6.12. The fraction of sp³-hybridized carbons (Fsp3) is 0.567. The summed E-state index contributed by atoms with van der Waals surface area (Å²) in [5.41, 5.74) is 5.37. The first kappa shape index (κ1) is 32.1. The van der Waals surface area contributed by atoms with Crippen LogP contribution in [0.25, 0.3) is 0 Å². The number of hydrogen-bond donors (Lipinski definition) is 4. The molecule has 11 heteroatoms. The van der Waals surface area contributed by atoms with Crippen LogP contribution >= 0.6 is 23.2 Å². The number of nitrogens with two attached hydrogens (primary N) is 1. The summed E-state index contributed by atoms with van der Waals surface area (Å²) in [6.45, 7) is 8.19. The minimum absolute atomic E-state index is 0.0629. The maximum absolute atomic E-state index is 15.7. The lowest BCUT2D eigenvalue weighted by molar-refractivity contribution is -0.138. The van der Waals surface area contributed by atoms with E-state index in [4.69, 9.17) is 38.4 Å². The smallest absolute Gasteiger partial charge is 0.237 e. The SMILES string of the molecule is CC(C)(CCO)C[C@@H]1N[C@@H](C(=O)NCC[C@H]2COC(C)(C)O2)[C@H](c2cccc(Cl)c2F)[C@@]1(N)c1ccc(Cl)cc1F. The number of nitrogens with one attached hydrogen (secondary N) is 2. The number of benzene rings is 2. The standard InChI is InChI=1S/C30H39Cl2F2N3O4/c1-28(2,11-13-38)15-23-30(35,20-9-8-17(31)14-22(20)33)24(19-6-5-7-21(32)25(19)34)26(37-23)27(39)36-12-10-18-16-40-29(3,4)41-18/h5-9,14,18,23-24,26,37-38H,10-13,15-16,35H2,1-4H3,(H,36,39)/t18-,23-,24-,26+,30+/m0/s1. The van der Waals surface area contributed by atoms with Gasteiger partial charge in [0.2, 0.25) is 5.91 Å². The highest BCUT2D eigenvalue weighted by molar-refractivity contribution is 6.31. The van der Waals surface area contributed by atoms with Crippen molar-refractivity contribution in [2.45, 2.75) is 82.4 Å². The molecule has 0 aliphatic carbocycles. The zero-order valence-electron chi connectivity index (χ0n) is 23.8. The van der Waals surface area contributed by atoms with Crippen LogP contribution in [0.4, 0.5) is 8.78 Å². The van der Waals surface area contributed by atoms with E-state index in [1.807, 2.05) is 27.7 Å². The van der Waals surface area contributed by atoms with Crippen LogP contribution in [0.15, 0.2) is 36.4 Å². The van der Waals surface area contributed by atoms with Crippen molar-refractivity contribution in [3.05, 3.63) is 69.2 Å². The van der Waals surface area contributed by atoms with E-state index in [1.165, 1.54) is 24.3 Å². The van der Waals surface area contributed by atoms with Gasteiger partial charge in [0.05, 0.1) is 29.3 Å². The maximum atomic E-state index is 15.7. The predicted octanol–water partition coefficient (Wildman–Crippen LogP) is 5.01. The lowest BCUT2D eigenvalue weighted by atomic mass is 9.67. The number of carbonyl (C=O) groups excluding carboxylic acids is 1. The van der Waals surface area contributed by atoms with Crippen molar-refractivity contribution in [3.63, 3.8) is 0 Å². The Balaban J connectivity index is 1.75. The Bertz CT molecular complexity index is 1260. The second kappa shape index (κ2) is 12.4. The van der Waals surface area contributed by atoms with Crippen LogP contribution in [0.2, 0.25) is 10.0 Å². The summed E-state index contributed by atoms with van der Waals surface area (Å²) in [4.78, 5) is 13.8. The van der Waals surface area contributed by atoms with Gasteiger partial charge in [-0.15, -0.1) is 0 Å². The van der Waals surface area contributed by atoms with Crippen LogP contribution in [0, 0.1) is 17.0 Å². The molecule has 0 unspecified atom stereocenters. The molecule has 2 saturated heterocycles. The first-order valence-corrected chi connectivity index (χ1v) is 14.6. The second-order valence-electron chi connectivity index (χ2n) is 12.2. The molecule has 0 spiro atoms. The molecular weight excluding hydrogens is 575 g/mol. The molecule has 2 fully saturated rings. The van der Waals surface area contributed by atoms with Crippen molar-refractivity contribution in [3.8, 4) is 0 Å². The van der Waals surface area contributed by atoms with E-state index in [2.05, 4.69) is 10.6 Å². The summed E-state index contributed by atoms with van der Waals surface area (Å²) >= 11 is 12.3. The molecule has 226 valence electrons. The molecule has 4 rings (SSSR count). The van der Waals surface area contributed by atoms with E-state index in [0.29, 0.717) is 25.9 Å². The third-order valence-electron chi connectivity index (χ3n) is 8.18. The summed E-state index contributed by atoms with van der Waals surface area (Å²) in [7, 11) is 0. The third kappa shape index (κ3) is 6.88. The highest BCUT2D eigenvalue weighted by atomic mass is 35.5. The van der Waals surface area contributed by atoms with Gasteiger partial charge in [0, 0.05) is 35.7 Å². The van der Waals surface area contributed by atoms with Crippen molar-refractivity contribution in [1.29, 1.82) is 0 Å². The first-order valence-electron chi connectivity index (χ1n) is 13.8. The van der Waals surface area contributed by atoms with Crippen LogP contribution in [0.5, 0.6) is 0 Å². The van der Waals surface area contributed by atoms with E-state index in [-0.39, 0.29) is 40.4 Å². The molecule has 5 N–H and O–H groups in total. The van der Waals surface area contributed by atoms with E-state index in [0.717, 1.165) is 6.07 Å². The van der Waals surface area contributed by atoms with Gasteiger partial charge in [-0.25, -0.2) is 8.78 Å². The van der Waals surface area contributed by atoms with Crippen molar-refractivity contribution < 1.29 is 28.2 Å². The Morgan fingerprint density at radius 1 is 1.24 bits per heavy atom. The summed E-state index contributed by atoms with van der Waals surface area (Å²) in [6.07, 6.45) is 1.12. The molecule has 1 amide bonds. The van der Waals surface area contributed by atoms with Crippen molar-refractivity contribution in [2.24, 2.45) is 11.1 Å². The highest BCUT2D eigenvalue weighted by Gasteiger charge is 2.58. The van der Waals surface area contributed by atoms with Crippen LogP contribution < -0.4 is 16.4 Å². The molecule has 41 heavy (non-hydrogen) atoms. The van der Waals surface area contributed by atoms with Gasteiger partial charge in [-0.05, 0) is 62.3 Å². The molecular formula is C30H39Cl2F2N3O4. The van der Waals surface area contributed by atoms with Gasteiger partial charge in [0.1, 0.15) is 11.6 Å². The first-order chi connectivity index (χ1) is 19.2. The predicted molar refractivity (Wildman–Crippen MR) is 155 cm³/mol. The van der Waals surface area contributed by atoms with Gasteiger partial charge in [-0.1, -0.05) is 55.2 Å². The van der Waals surface area contributed by atoms with Gasteiger partial charge in [0.15, 0.2) is 5.79 Å². The highest BCUT2D eigenvalue weighted by Crippen LogP contribution is 2.50. The number of hydrogen-bond acceptors (Lipinski definition) is 6. The average molecular weight is 615 g/mol. The molecule has 0 radical (unpaired) electrons.